The van der Waals surface area contributed by atoms with E-state index < -0.39 is 5.60 Å². The zero-order valence-corrected chi connectivity index (χ0v) is 14.2. The summed E-state index contributed by atoms with van der Waals surface area (Å²) in [6.07, 6.45) is 4.92. The van der Waals surface area contributed by atoms with E-state index in [1.165, 1.54) is 6.42 Å². The minimum absolute atomic E-state index is 0.0885. The van der Waals surface area contributed by atoms with Crippen molar-refractivity contribution in [2.75, 3.05) is 13.1 Å². The van der Waals surface area contributed by atoms with Crippen LogP contribution in [0.15, 0.2) is 18.2 Å². The van der Waals surface area contributed by atoms with Crippen molar-refractivity contribution in [1.82, 2.24) is 9.88 Å². The zero-order chi connectivity index (χ0) is 16.0. The van der Waals surface area contributed by atoms with Crippen molar-refractivity contribution < 1.29 is 9.90 Å². The predicted molar refractivity (Wildman–Crippen MR) is 91.8 cm³/mol. The standard InChI is InChI=1S/C18H22N2O2S/c1-12-19-15-6-5-13(10-16(15)23-12)17(21)20-9-8-18(22)7-3-2-4-14(18)11-20/h5-6,10,14,22H,2-4,7-9,11H2,1H3/t14-,18+/m1/s1. The van der Waals surface area contributed by atoms with Gasteiger partial charge in [-0.2, -0.15) is 0 Å². The fourth-order valence-corrected chi connectivity index (χ4v) is 4.98. The Morgan fingerprint density at radius 1 is 1.39 bits per heavy atom. The van der Waals surface area contributed by atoms with Crippen LogP contribution in [0.1, 0.15) is 47.5 Å². The average Bonchev–Trinajstić information content (AvgIpc) is 2.92. The molecule has 23 heavy (non-hydrogen) atoms. The van der Waals surface area contributed by atoms with Crippen LogP contribution in [0, 0.1) is 12.8 Å². The zero-order valence-electron chi connectivity index (χ0n) is 13.4. The first-order valence-corrected chi connectivity index (χ1v) is 9.26. The van der Waals surface area contributed by atoms with Gasteiger partial charge in [-0.25, -0.2) is 4.98 Å². The second kappa shape index (κ2) is 5.56. The summed E-state index contributed by atoms with van der Waals surface area (Å²) in [7, 11) is 0. The topological polar surface area (TPSA) is 53.4 Å². The lowest BCUT2D eigenvalue weighted by molar-refractivity contribution is -0.0886. The van der Waals surface area contributed by atoms with E-state index in [9.17, 15) is 9.90 Å². The van der Waals surface area contributed by atoms with Crippen LogP contribution in [0.4, 0.5) is 0 Å². The predicted octanol–water partition coefficient (Wildman–Crippen LogP) is 3.37. The van der Waals surface area contributed by atoms with Crippen LogP contribution in [0.3, 0.4) is 0 Å². The SMILES string of the molecule is Cc1nc2ccc(C(=O)N3CC[C@@]4(O)CCCC[C@@H]4C3)cc2s1. The Morgan fingerprint density at radius 2 is 2.26 bits per heavy atom. The van der Waals surface area contributed by atoms with E-state index in [1.54, 1.807) is 11.3 Å². The molecule has 0 bridgehead atoms. The highest BCUT2D eigenvalue weighted by Gasteiger charge is 2.43. The molecule has 1 aromatic carbocycles. The fraction of sp³-hybridized carbons (Fsp3) is 0.556. The number of fused-ring (bicyclic) bond motifs is 2. The number of hydrogen-bond donors (Lipinski definition) is 1. The maximum atomic E-state index is 12.9. The van der Waals surface area contributed by atoms with Gasteiger partial charge in [-0.05, 0) is 44.4 Å². The van der Waals surface area contributed by atoms with Crippen molar-refractivity contribution >= 4 is 27.5 Å². The maximum Gasteiger partial charge on any atom is 0.253 e. The van der Waals surface area contributed by atoms with Gasteiger partial charge >= 0.3 is 0 Å². The third kappa shape index (κ3) is 2.66. The average molecular weight is 330 g/mol. The number of aryl methyl sites for hydroxylation is 1. The Kier molecular flexibility index (Phi) is 3.65. The van der Waals surface area contributed by atoms with Gasteiger partial charge < -0.3 is 10.0 Å². The van der Waals surface area contributed by atoms with Gasteiger partial charge in [0.25, 0.3) is 5.91 Å². The number of benzene rings is 1. The number of likely N-dealkylation sites (tertiary alicyclic amines) is 1. The van der Waals surface area contributed by atoms with Crippen LogP contribution in [0.2, 0.25) is 0 Å². The Labute approximate surface area is 140 Å². The molecule has 1 amide bonds. The first kappa shape index (κ1) is 15.1. The molecule has 0 radical (unpaired) electrons. The minimum Gasteiger partial charge on any atom is -0.389 e. The van der Waals surface area contributed by atoms with E-state index in [4.69, 9.17) is 0 Å². The Hall–Kier alpha value is -1.46. The smallest absolute Gasteiger partial charge is 0.253 e. The first-order valence-electron chi connectivity index (χ1n) is 8.44. The van der Waals surface area contributed by atoms with Crippen LogP contribution in [0.5, 0.6) is 0 Å². The minimum atomic E-state index is -0.534. The molecular formula is C18H22N2O2S. The van der Waals surface area contributed by atoms with E-state index in [-0.39, 0.29) is 11.8 Å². The number of piperidine rings is 1. The number of nitrogens with zero attached hydrogens (tertiary/aromatic N) is 2. The second-order valence-electron chi connectivity index (χ2n) is 6.96. The number of rotatable bonds is 1. The van der Waals surface area contributed by atoms with Gasteiger partial charge in [0.1, 0.15) is 0 Å². The summed E-state index contributed by atoms with van der Waals surface area (Å²) in [5, 5.41) is 11.8. The molecule has 1 aliphatic carbocycles. The molecule has 0 spiro atoms. The van der Waals surface area contributed by atoms with Crippen LogP contribution in [-0.4, -0.2) is 39.6 Å². The van der Waals surface area contributed by atoms with Gasteiger partial charge in [0.15, 0.2) is 0 Å². The van der Waals surface area contributed by atoms with Crippen molar-refractivity contribution in [2.45, 2.75) is 44.6 Å². The van der Waals surface area contributed by atoms with Gasteiger partial charge in [-0.15, -0.1) is 11.3 Å². The molecule has 2 atom stereocenters. The van der Waals surface area contributed by atoms with Crippen LogP contribution in [-0.2, 0) is 0 Å². The highest BCUT2D eigenvalue weighted by molar-refractivity contribution is 7.18. The number of hydrogen-bond acceptors (Lipinski definition) is 4. The fourth-order valence-electron chi connectivity index (χ4n) is 4.11. The van der Waals surface area contributed by atoms with E-state index in [1.807, 2.05) is 30.0 Å². The number of carbonyl (C=O) groups is 1. The van der Waals surface area contributed by atoms with Gasteiger partial charge in [0, 0.05) is 24.6 Å². The summed E-state index contributed by atoms with van der Waals surface area (Å²) < 4.78 is 1.07. The lowest BCUT2D eigenvalue weighted by atomic mass is 9.71. The number of thiazole rings is 1. The third-order valence-electron chi connectivity index (χ3n) is 5.46. The van der Waals surface area contributed by atoms with Crippen molar-refractivity contribution in [1.29, 1.82) is 0 Å². The van der Waals surface area contributed by atoms with Crippen molar-refractivity contribution in [2.24, 2.45) is 5.92 Å². The van der Waals surface area contributed by atoms with E-state index in [0.29, 0.717) is 19.5 Å². The Bertz CT molecular complexity index is 757. The van der Waals surface area contributed by atoms with E-state index in [2.05, 4.69) is 4.98 Å². The van der Waals surface area contributed by atoms with Gasteiger partial charge in [0.05, 0.1) is 20.8 Å². The maximum absolute atomic E-state index is 12.9. The largest absolute Gasteiger partial charge is 0.389 e. The molecule has 1 saturated heterocycles. The van der Waals surface area contributed by atoms with Gasteiger partial charge in [-0.1, -0.05) is 12.8 Å². The molecule has 2 fully saturated rings. The molecule has 0 unspecified atom stereocenters. The number of aromatic nitrogens is 1. The monoisotopic (exact) mass is 330 g/mol. The van der Waals surface area contributed by atoms with Crippen LogP contribution < -0.4 is 0 Å². The summed E-state index contributed by atoms with van der Waals surface area (Å²) in [6, 6.07) is 5.78. The highest BCUT2D eigenvalue weighted by Crippen LogP contribution is 2.40. The normalized spacial score (nSPS) is 27.9. The molecule has 2 heterocycles. The third-order valence-corrected chi connectivity index (χ3v) is 6.39. The summed E-state index contributed by atoms with van der Waals surface area (Å²) in [5.41, 5.74) is 1.17. The summed E-state index contributed by atoms with van der Waals surface area (Å²) >= 11 is 1.63. The quantitative estimate of drug-likeness (QED) is 0.872. The molecule has 1 aromatic heterocycles. The van der Waals surface area contributed by atoms with Gasteiger partial charge in [0.2, 0.25) is 0 Å². The lowest BCUT2D eigenvalue weighted by Gasteiger charge is -2.47. The molecule has 2 aromatic rings. The molecular weight excluding hydrogens is 308 g/mol. The van der Waals surface area contributed by atoms with Crippen LogP contribution in [0.25, 0.3) is 10.2 Å². The lowest BCUT2D eigenvalue weighted by Crippen LogP contribution is -2.54. The Morgan fingerprint density at radius 3 is 3.13 bits per heavy atom. The van der Waals surface area contributed by atoms with Crippen molar-refractivity contribution in [3.8, 4) is 0 Å². The van der Waals surface area contributed by atoms with Crippen molar-refractivity contribution in [3.63, 3.8) is 0 Å². The Balaban J connectivity index is 1.56. The first-order chi connectivity index (χ1) is 11.0. The number of aliphatic hydroxyl groups is 1. The van der Waals surface area contributed by atoms with E-state index in [0.717, 1.165) is 40.1 Å². The molecule has 122 valence electrons. The van der Waals surface area contributed by atoms with E-state index >= 15 is 0 Å². The summed E-state index contributed by atoms with van der Waals surface area (Å²) in [6.45, 7) is 3.33. The summed E-state index contributed by atoms with van der Waals surface area (Å²) in [5.74, 6) is 0.328. The summed E-state index contributed by atoms with van der Waals surface area (Å²) in [4.78, 5) is 19.2. The molecule has 1 N–H and O–H groups in total. The molecule has 4 nitrogen and oxygen atoms in total. The molecule has 1 aliphatic heterocycles. The highest BCUT2D eigenvalue weighted by atomic mass is 32.1. The molecule has 2 aliphatic rings. The molecule has 4 rings (SSSR count). The van der Waals surface area contributed by atoms with Crippen LogP contribution >= 0.6 is 11.3 Å². The van der Waals surface area contributed by atoms with Gasteiger partial charge in [-0.3, -0.25) is 4.79 Å². The second-order valence-corrected chi connectivity index (χ2v) is 8.20. The number of carbonyl (C=O) groups excluding carboxylic acids is 1. The number of amides is 1. The van der Waals surface area contributed by atoms with Crippen molar-refractivity contribution in [3.05, 3.63) is 28.8 Å². The molecule has 5 heteroatoms. The molecule has 1 saturated carbocycles.